The van der Waals surface area contributed by atoms with Gasteiger partial charge in [0.05, 0.1) is 25.2 Å². The molecule has 0 aromatic heterocycles. The van der Waals surface area contributed by atoms with Gasteiger partial charge in [-0.3, -0.25) is 4.57 Å². The fraction of sp³-hybridized carbons (Fsp3) is 0.824. The molecule has 8 nitrogen and oxygen atoms in total. The van der Waals surface area contributed by atoms with Crippen LogP contribution in [0.1, 0.15) is 40.5 Å². The minimum absolute atomic E-state index is 0.00775. The van der Waals surface area contributed by atoms with Crippen molar-refractivity contribution < 1.29 is 27.4 Å². The summed E-state index contributed by atoms with van der Waals surface area (Å²) in [6, 6.07) is 2.51. The summed E-state index contributed by atoms with van der Waals surface area (Å²) in [6.07, 6.45) is 2.02. The molecular weight excluding hydrogens is 401 g/mol. The van der Waals surface area contributed by atoms with Gasteiger partial charge >= 0.3 is 7.60 Å². The van der Waals surface area contributed by atoms with Crippen LogP contribution in [0.4, 0.5) is 0 Å². The average Bonchev–Trinajstić information content (AvgIpc) is 2.98. The van der Waals surface area contributed by atoms with E-state index >= 15 is 0 Å². The zero-order valence-corrected chi connectivity index (χ0v) is 19.7. The van der Waals surface area contributed by atoms with E-state index in [9.17, 15) is 4.57 Å². The Hall–Kier alpha value is -0.285. The summed E-state index contributed by atoms with van der Waals surface area (Å²) in [5.41, 5.74) is 0. The number of hydrogen-bond donors (Lipinski definition) is 0. The van der Waals surface area contributed by atoms with Crippen molar-refractivity contribution in [1.29, 1.82) is 5.26 Å². The van der Waals surface area contributed by atoms with Gasteiger partial charge in [0.2, 0.25) is 0 Å². The van der Waals surface area contributed by atoms with E-state index < -0.39 is 16.1 Å². The van der Waals surface area contributed by atoms with Crippen molar-refractivity contribution in [2.45, 2.75) is 70.8 Å². The Labute approximate surface area is 171 Å². The molecule has 0 aromatic rings. The molecule has 0 bridgehead atoms. The average molecular weight is 434 g/mol. The lowest BCUT2D eigenvalue weighted by atomic mass is 9.96. The predicted octanol–water partition coefficient (Wildman–Crippen LogP) is 3.40. The Kier molecular flexibility index (Phi) is 11.4. The van der Waals surface area contributed by atoms with Crippen molar-refractivity contribution in [3.8, 4) is 6.07 Å². The van der Waals surface area contributed by atoms with Crippen LogP contribution in [0.2, 0.25) is 0 Å². The first kappa shape index (κ1) is 25.8. The van der Waals surface area contributed by atoms with Crippen LogP contribution in [0.3, 0.4) is 0 Å². The molecule has 0 amide bonds. The Morgan fingerprint density at radius 3 is 2.43 bits per heavy atom. The van der Waals surface area contributed by atoms with Gasteiger partial charge in [-0.1, -0.05) is 0 Å². The molecule has 1 fully saturated rings. The van der Waals surface area contributed by atoms with E-state index in [-0.39, 0.29) is 30.3 Å². The van der Waals surface area contributed by atoms with Crippen LogP contribution in [-0.2, 0) is 27.4 Å². The van der Waals surface area contributed by atoms with Gasteiger partial charge in [-0.2, -0.15) is 5.26 Å². The molecule has 0 aromatic carbocycles. The standard InChI is InChI=1S/C17H33BN2O6P2/c1-13(2)20(14(3)4)27(24-10-7-9-19)26-16-12-17(18)25-15(16)8-11-28(21,22-5)23-6/h8,11,13-17H,7,10,12,18H2,1-6H3/b11-8+/t15-,16+,17-,27?/m1/s1. The molecule has 1 aliphatic heterocycles. The van der Waals surface area contributed by atoms with Gasteiger partial charge in [0.1, 0.15) is 14.0 Å². The molecular formula is C17H33BN2O6P2. The van der Waals surface area contributed by atoms with Crippen molar-refractivity contribution in [3.05, 3.63) is 11.9 Å². The molecule has 4 atom stereocenters. The SMILES string of the molecule is B[C@H]1C[C@H](OP(OCCC#N)N(C(C)C)C(C)C)[C@@H](/C=C/P(=O)(OC)OC)O1. The van der Waals surface area contributed by atoms with Crippen molar-refractivity contribution in [2.75, 3.05) is 20.8 Å². The number of rotatable bonds is 12. The third-order valence-corrected chi connectivity index (χ3v) is 7.89. The summed E-state index contributed by atoms with van der Waals surface area (Å²) in [7, 11) is -0.00626. The summed E-state index contributed by atoms with van der Waals surface area (Å²) in [5, 5.41) is 8.83. The van der Waals surface area contributed by atoms with Gasteiger partial charge in [0, 0.05) is 38.1 Å². The number of nitrogens with zero attached hydrogens (tertiary/aromatic N) is 2. The van der Waals surface area contributed by atoms with Crippen molar-refractivity contribution in [1.82, 2.24) is 4.67 Å². The normalized spacial score (nSPS) is 24.5. The van der Waals surface area contributed by atoms with Gasteiger partial charge in [-0.15, -0.1) is 0 Å². The second-order valence-electron chi connectivity index (χ2n) is 7.08. The van der Waals surface area contributed by atoms with Gasteiger partial charge in [-0.05, 0) is 40.2 Å². The lowest BCUT2D eigenvalue weighted by Gasteiger charge is -2.37. The quantitative estimate of drug-likeness (QED) is 0.262. The Morgan fingerprint density at radius 1 is 1.32 bits per heavy atom. The molecule has 160 valence electrons. The maximum absolute atomic E-state index is 12.3. The van der Waals surface area contributed by atoms with Crippen LogP contribution < -0.4 is 0 Å². The largest absolute Gasteiger partial charge is 0.377 e. The van der Waals surface area contributed by atoms with E-state index in [0.717, 1.165) is 0 Å². The highest BCUT2D eigenvalue weighted by molar-refractivity contribution is 7.57. The Morgan fingerprint density at radius 2 is 1.93 bits per heavy atom. The second kappa shape index (κ2) is 12.4. The molecule has 1 aliphatic rings. The number of hydrogen-bond acceptors (Lipinski definition) is 8. The molecule has 11 heteroatoms. The lowest BCUT2D eigenvalue weighted by molar-refractivity contribution is 0.0627. The summed E-state index contributed by atoms with van der Waals surface area (Å²) in [6.45, 7) is 8.66. The molecule has 0 saturated carbocycles. The van der Waals surface area contributed by atoms with E-state index in [1.807, 2.05) is 7.85 Å². The van der Waals surface area contributed by atoms with Gasteiger partial charge < -0.3 is 22.8 Å². The molecule has 0 aliphatic carbocycles. The van der Waals surface area contributed by atoms with Gasteiger partial charge in [0.15, 0.2) is 0 Å². The minimum Gasteiger partial charge on any atom is -0.377 e. The first-order valence-corrected chi connectivity index (χ1v) is 12.2. The summed E-state index contributed by atoms with van der Waals surface area (Å²) < 4.78 is 42.6. The smallest absolute Gasteiger partial charge is 0.353 e. The van der Waals surface area contributed by atoms with Crippen molar-refractivity contribution in [3.63, 3.8) is 0 Å². The van der Waals surface area contributed by atoms with E-state index in [1.54, 1.807) is 6.08 Å². The van der Waals surface area contributed by atoms with Crippen LogP contribution in [0.15, 0.2) is 11.9 Å². The van der Waals surface area contributed by atoms with Crippen LogP contribution in [0.25, 0.3) is 0 Å². The molecule has 0 N–H and O–H groups in total. The fourth-order valence-corrected chi connectivity index (χ4v) is 5.46. The predicted molar refractivity (Wildman–Crippen MR) is 113 cm³/mol. The summed E-state index contributed by atoms with van der Waals surface area (Å²) in [4.78, 5) is 0. The zero-order chi connectivity index (χ0) is 21.3. The highest BCUT2D eigenvalue weighted by atomic mass is 31.2. The monoisotopic (exact) mass is 434 g/mol. The maximum atomic E-state index is 12.3. The number of nitriles is 1. The molecule has 1 saturated heterocycles. The van der Waals surface area contributed by atoms with Crippen LogP contribution >= 0.6 is 16.1 Å². The molecule has 0 spiro atoms. The van der Waals surface area contributed by atoms with Gasteiger partial charge in [-0.25, -0.2) is 4.67 Å². The molecule has 1 heterocycles. The molecule has 1 rings (SSSR count). The minimum atomic E-state index is -3.27. The Bertz CT molecular complexity index is 570. The molecule has 1 unspecified atom stereocenters. The highest BCUT2D eigenvalue weighted by Crippen LogP contribution is 2.51. The first-order chi connectivity index (χ1) is 13.2. The van der Waals surface area contributed by atoms with E-state index in [0.29, 0.717) is 19.4 Å². The number of ether oxygens (including phenoxy) is 1. The van der Waals surface area contributed by atoms with E-state index in [2.05, 4.69) is 38.4 Å². The van der Waals surface area contributed by atoms with Crippen LogP contribution in [0, 0.1) is 11.3 Å². The lowest BCUT2D eigenvalue weighted by Crippen LogP contribution is -2.35. The van der Waals surface area contributed by atoms with E-state index in [4.69, 9.17) is 28.1 Å². The zero-order valence-electron chi connectivity index (χ0n) is 17.9. The first-order valence-electron chi connectivity index (χ1n) is 9.48. The molecule has 0 radical (unpaired) electrons. The molecule has 28 heavy (non-hydrogen) atoms. The van der Waals surface area contributed by atoms with Crippen molar-refractivity contribution in [2.24, 2.45) is 0 Å². The summed E-state index contributed by atoms with van der Waals surface area (Å²) in [5.74, 6) is 1.41. The second-order valence-corrected chi connectivity index (χ2v) is 10.6. The third-order valence-electron chi connectivity index (χ3n) is 4.18. The highest BCUT2D eigenvalue weighted by Gasteiger charge is 2.38. The van der Waals surface area contributed by atoms with Crippen LogP contribution in [0.5, 0.6) is 0 Å². The van der Waals surface area contributed by atoms with Crippen molar-refractivity contribution >= 4 is 24.0 Å². The van der Waals surface area contributed by atoms with Crippen LogP contribution in [-0.4, -0.2) is 63.6 Å². The maximum Gasteiger partial charge on any atom is 0.353 e. The van der Waals surface area contributed by atoms with Gasteiger partial charge in [0.25, 0.3) is 8.53 Å². The fourth-order valence-electron chi connectivity index (χ4n) is 2.94. The van der Waals surface area contributed by atoms with E-state index in [1.165, 1.54) is 20.0 Å². The third kappa shape index (κ3) is 7.86. The topological polar surface area (TPSA) is 90.3 Å². The Balaban J connectivity index is 2.98. The summed E-state index contributed by atoms with van der Waals surface area (Å²) >= 11 is 0.